The van der Waals surface area contributed by atoms with Gasteiger partial charge < -0.3 is 0 Å². The van der Waals surface area contributed by atoms with Crippen molar-refractivity contribution in [3.63, 3.8) is 0 Å². The molecule has 0 bridgehead atoms. The predicted molar refractivity (Wildman–Crippen MR) is 76.6 cm³/mol. The van der Waals surface area contributed by atoms with E-state index in [4.69, 9.17) is 11.6 Å². The van der Waals surface area contributed by atoms with Gasteiger partial charge in [0, 0.05) is 19.8 Å². The zero-order valence-electron chi connectivity index (χ0n) is 9.55. The van der Waals surface area contributed by atoms with Crippen LogP contribution < -0.4 is 0 Å². The summed E-state index contributed by atoms with van der Waals surface area (Å²) in [6.07, 6.45) is 1.06. The number of rotatable bonds is 5. The summed E-state index contributed by atoms with van der Waals surface area (Å²) in [5.74, 6) is -0.219. The Morgan fingerprint density at radius 2 is 1.94 bits per heavy atom. The van der Waals surface area contributed by atoms with Crippen molar-refractivity contribution in [2.75, 3.05) is 25.6 Å². The lowest BCUT2D eigenvalue weighted by atomic mass is 10.7. The molecule has 0 fully saturated rings. The number of sulfone groups is 1. The van der Waals surface area contributed by atoms with E-state index in [2.05, 4.69) is 15.9 Å². The first-order valence-electron chi connectivity index (χ1n) is 4.63. The van der Waals surface area contributed by atoms with E-state index in [1.165, 1.54) is 13.1 Å². The fraction of sp³-hybridized carbons (Fsp3) is 0.500. The van der Waals surface area contributed by atoms with Gasteiger partial charge in [-0.25, -0.2) is 16.8 Å². The van der Waals surface area contributed by atoms with Crippen molar-refractivity contribution in [1.82, 2.24) is 4.31 Å². The highest BCUT2D eigenvalue weighted by molar-refractivity contribution is 9.11. The molecule has 5 nitrogen and oxygen atoms in total. The molecular weight excluding hydrogens is 386 g/mol. The molecule has 0 aliphatic carbocycles. The van der Waals surface area contributed by atoms with Crippen molar-refractivity contribution < 1.29 is 16.8 Å². The molecule has 0 saturated carbocycles. The fourth-order valence-corrected chi connectivity index (χ4v) is 5.52. The van der Waals surface area contributed by atoms with Crippen molar-refractivity contribution in [1.29, 1.82) is 0 Å². The van der Waals surface area contributed by atoms with Gasteiger partial charge in [0.05, 0.1) is 14.6 Å². The van der Waals surface area contributed by atoms with Gasteiger partial charge in [0.1, 0.15) is 14.0 Å². The molecule has 1 aromatic heterocycles. The van der Waals surface area contributed by atoms with Gasteiger partial charge in [-0.3, -0.25) is 0 Å². The summed E-state index contributed by atoms with van der Waals surface area (Å²) in [5.41, 5.74) is 0. The topological polar surface area (TPSA) is 71.5 Å². The smallest absolute Gasteiger partial charge is 0.229 e. The summed E-state index contributed by atoms with van der Waals surface area (Å²) in [7, 11) is -5.56. The second kappa shape index (κ2) is 5.76. The number of hydrogen-bond donors (Lipinski definition) is 0. The monoisotopic (exact) mass is 395 g/mol. The van der Waals surface area contributed by atoms with Crippen LogP contribution in [0.1, 0.15) is 0 Å². The third-order valence-electron chi connectivity index (χ3n) is 2.06. The Bertz CT molecular complexity index is 618. The first-order chi connectivity index (χ1) is 8.04. The molecule has 18 heavy (non-hydrogen) atoms. The van der Waals surface area contributed by atoms with Crippen LogP contribution in [0.4, 0.5) is 0 Å². The zero-order valence-corrected chi connectivity index (χ0v) is 14.3. The molecule has 0 spiro atoms. The molecule has 0 aromatic carbocycles. The van der Waals surface area contributed by atoms with Crippen LogP contribution in [0.3, 0.4) is 0 Å². The van der Waals surface area contributed by atoms with Gasteiger partial charge in [-0.05, 0) is 22.0 Å². The highest BCUT2D eigenvalue weighted by Gasteiger charge is 2.24. The normalized spacial score (nSPS) is 13.2. The number of sulfonamides is 1. The molecule has 0 radical (unpaired) electrons. The van der Waals surface area contributed by atoms with E-state index in [-0.39, 0.29) is 16.5 Å². The maximum Gasteiger partial charge on any atom is 0.252 e. The highest BCUT2D eigenvalue weighted by Crippen LogP contribution is 2.35. The van der Waals surface area contributed by atoms with Crippen molar-refractivity contribution in [2.24, 2.45) is 0 Å². The van der Waals surface area contributed by atoms with Gasteiger partial charge >= 0.3 is 0 Å². The Morgan fingerprint density at radius 3 is 2.33 bits per heavy atom. The zero-order chi connectivity index (χ0) is 14.1. The predicted octanol–water partition coefficient (Wildman–Crippen LogP) is 1.83. The summed E-state index contributed by atoms with van der Waals surface area (Å²) in [6.45, 7) is -0.0890. The average Bonchev–Trinajstić information content (AvgIpc) is 2.55. The summed E-state index contributed by atoms with van der Waals surface area (Å²) < 4.78 is 47.8. The van der Waals surface area contributed by atoms with Gasteiger partial charge in [-0.1, -0.05) is 11.6 Å². The number of hydrogen-bond acceptors (Lipinski definition) is 5. The molecule has 0 saturated heterocycles. The van der Waals surface area contributed by atoms with Crippen LogP contribution in [0.2, 0.25) is 5.02 Å². The van der Waals surface area contributed by atoms with Crippen LogP contribution in [-0.2, 0) is 19.9 Å². The number of thiophene rings is 1. The van der Waals surface area contributed by atoms with E-state index in [1.807, 2.05) is 0 Å². The van der Waals surface area contributed by atoms with E-state index in [9.17, 15) is 16.8 Å². The Labute approximate surface area is 124 Å². The summed E-state index contributed by atoms with van der Waals surface area (Å²) in [5, 5.41) is 0.315. The lowest BCUT2D eigenvalue weighted by molar-refractivity contribution is 0.486. The minimum absolute atomic E-state index is 0.0791. The highest BCUT2D eigenvalue weighted by atomic mass is 79.9. The lowest BCUT2D eigenvalue weighted by Gasteiger charge is -2.14. The van der Waals surface area contributed by atoms with E-state index < -0.39 is 19.9 Å². The van der Waals surface area contributed by atoms with Gasteiger partial charge in [-0.15, -0.1) is 11.3 Å². The molecule has 0 aliphatic rings. The molecule has 10 heteroatoms. The Morgan fingerprint density at radius 1 is 1.39 bits per heavy atom. The minimum Gasteiger partial charge on any atom is -0.229 e. The maximum atomic E-state index is 12.1. The molecule has 0 atom stereocenters. The Hall–Kier alpha value is 0.330. The standard InChI is InChI=1S/C8H11BrClNO4S3/c1-11(3-4-17(2,12)13)18(14,15)7-5-6(10)8(9)16-7/h5H,3-4H2,1-2H3. The van der Waals surface area contributed by atoms with Gasteiger partial charge in [0.2, 0.25) is 0 Å². The van der Waals surface area contributed by atoms with E-state index in [1.54, 1.807) is 0 Å². The number of nitrogens with zero attached hydrogens (tertiary/aromatic N) is 1. The first-order valence-corrected chi connectivity index (χ1v) is 10.1. The van der Waals surface area contributed by atoms with Crippen LogP contribution in [0, 0.1) is 0 Å². The minimum atomic E-state index is -3.69. The maximum absolute atomic E-state index is 12.1. The van der Waals surface area contributed by atoms with Crippen molar-refractivity contribution >= 4 is 58.7 Å². The fourth-order valence-electron chi connectivity index (χ4n) is 1.02. The second-order valence-corrected chi connectivity index (χ2v) is 11.0. The number of halogens is 2. The molecule has 0 unspecified atom stereocenters. The van der Waals surface area contributed by atoms with E-state index in [0.717, 1.165) is 21.9 Å². The molecule has 0 N–H and O–H groups in total. The average molecular weight is 397 g/mol. The van der Waals surface area contributed by atoms with Gasteiger partial charge in [0.25, 0.3) is 10.0 Å². The molecule has 1 aromatic rings. The molecule has 0 aliphatic heterocycles. The Kier molecular flexibility index (Phi) is 5.24. The lowest BCUT2D eigenvalue weighted by Crippen LogP contribution is -2.31. The molecular formula is C8H11BrClNO4S3. The van der Waals surface area contributed by atoms with Gasteiger partial charge in [0.15, 0.2) is 0 Å². The van der Waals surface area contributed by atoms with Crippen molar-refractivity contribution in [2.45, 2.75) is 4.21 Å². The summed E-state index contributed by atoms with van der Waals surface area (Å²) in [6, 6.07) is 1.34. The third kappa shape index (κ3) is 4.17. The van der Waals surface area contributed by atoms with Crippen LogP contribution in [0.25, 0.3) is 0 Å². The van der Waals surface area contributed by atoms with Crippen molar-refractivity contribution in [3.05, 3.63) is 14.9 Å². The van der Waals surface area contributed by atoms with Crippen molar-refractivity contribution in [3.8, 4) is 0 Å². The molecule has 0 amide bonds. The van der Waals surface area contributed by atoms with E-state index in [0.29, 0.717) is 8.81 Å². The van der Waals surface area contributed by atoms with E-state index >= 15 is 0 Å². The molecule has 1 heterocycles. The molecule has 1 rings (SSSR count). The molecule has 104 valence electrons. The van der Waals surface area contributed by atoms with Crippen LogP contribution >= 0.6 is 38.9 Å². The SMILES string of the molecule is CN(CCS(C)(=O)=O)S(=O)(=O)c1cc(Cl)c(Br)s1. The Balaban J connectivity index is 2.93. The van der Waals surface area contributed by atoms with Gasteiger partial charge in [-0.2, -0.15) is 4.31 Å². The van der Waals surface area contributed by atoms with Crippen LogP contribution in [0.5, 0.6) is 0 Å². The first kappa shape index (κ1) is 16.4. The third-order valence-corrected chi connectivity index (χ3v) is 7.77. The van der Waals surface area contributed by atoms with Crippen LogP contribution in [0.15, 0.2) is 14.1 Å². The summed E-state index contributed by atoms with van der Waals surface area (Å²) >= 11 is 9.90. The quantitative estimate of drug-likeness (QED) is 0.761. The second-order valence-electron chi connectivity index (χ2n) is 3.64. The largest absolute Gasteiger partial charge is 0.252 e. The van der Waals surface area contributed by atoms with Crippen LogP contribution in [-0.4, -0.2) is 46.7 Å². The summed E-state index contributed by atoms with van der Waals surface area (Å²) in [4.78, 5) is 0.